The molecule has 0 atom stereocenters. The number of nitrogens with zero attached hydrogens (tertiary/aromatic N) is 2. The van der Waals surface area contributed by atoms with E-state index in [-0.39, 0.29) is 0 Å². The van der Waals surface area contributed by atoms with E-state index in [0.717, 1.165) is 11.5 Å². The Kier molecular flexibility index (Phi) is 10.8. The molecule has 0 saturated heterocycles. The Morgan fingerprint density at radius 1 is 0.828 bits per heavy atom. The van der Waals surface area contributed by atoms with Gasteiger partial charge in [-0.2, -0.15) is 0 Å². The summed E-state index contributed by atoms with van der Waals surface area (Å²) in [7, 11) is 0. The van der Waals surface area contributed by atoms with Gasteiger partial charge < -0.3 is 0 Å². The number of hydrogen-bond donors (Lipinski definition) is 0. The first kappa shape index (κ1) is 24.0. The molecule has 5 heteroatoms. The van der Waals surface area contributed by atoms with E-state index >= 15 is 0 Å². The van der Waals surface area contributed by atoms with Crippen molar-refractivity contribution in [1.29, 1.82) is 0 Å². The number of aromatic nitrogens is 2. The Labute approximate surface area is 181 Å². The van der Waals surface area contributed by atoms with Crippen LogP contribution in [0.4, 0.5) is 0 Å². The van der Waals surface area contributed by atoms with Crippen LogP contribution in [-0.2, 0) is 0 Å². The third kappa shape index (κ3) is 7.47. The summed E-state index contributed by atoms with van der Waals surface area (Å²) in [6, 6.07) is 5.98. The molecule has 0 aliphatic heterocycles. The van der Waals surface area contributed by atoms with Crippen LogP contribution in [0.2, 0.25) is 13.3 Å². The van der Waals surface area contributed by atoms with Crippen molar-refractivity contribution >= 4 is 22.0 Å². The molecule has 0 spiro atoms. The average Bonchev–Trinajstić information content (AvgIpc) is 2.74. The Balaban J connectivity index is 2.30. The fraction of sp³-hybridized carbons (Fsp3) is 0.583. The van der Waals surface area contributed by atoms with Crippen LogP contribution in [0.15, 0.2) is 36.8 Å². The summed E-state index contributed by atoms with van der Waals surface area (Å²) in [6.07, 6.45) is 13.5. The predicted octanol–water partition coefficient (Wildman–Crippen LogP) is 6.72. The summed E-state index contributed by atoms with van der Waals surface area (Å²) < 4.78 is 17.5. The molecule has 160 valence electrons. The van der Waals surface area contributed by atoms with Gasteiger partial charge >= 0.3 is 182 Å². The van der Waals surface area contributed by atoms with Crippen LogP contribution in [0.5, 0.6) is 17.4 Å². The third-order valence-electron chi connectivity index (χ3n) is 5.59. The second-order valence-electron chi connectivity index (χ2n) is 7.87. The monoisotopic (exact) mass is 506 g/mol. The molecular weight excluding hydrogens is 467 g/mol. The van der Waals surface area contributed by atoms with Gasteiger partial charge in [0.15, 0.2) is 0 Å². The van der Waals surface area contributed by atoms with Crippen LogP contribution in [0, 0.1) is 0 Å². The Hall–Kier alpha value is -1.30. The Bertz CT molecular complexity index is 702. The fourth-order valence-corrected chi connectivity index (χ4v) is 19.7. The normalized spacial score (nSPS) is 11.4. The minimum atomic E-state index is -2.51. The van der Waals surface area contributed by atoms with Crippen molar-refractivity contribution in [2.45, 2.75) is 79.5 Å². The van der Waals surface area contributed by atoms with Crippen molar-refractivity contribution in [1.82, 2.24) is 9.97 Å². The first-order chi connectivity index (χ1) is 14.2. The molecule has 2 rings (SSSR count). The van der Waals surface area contributed by atoms with Gasteiger partial charge in [0.25, 0.3) is 0 Å². The summed E-state index contributed by atoms with van der Waals surface area (Å²) in [5.41, 5.74) is 0. The van der Waals surface area contributed by atoms with Gasteiger partial charge in [-0.25, -0.2) is 0 Å². The molecule has 0 saturated carbocycles. The van der Waals surface area contributed by atoms with Gasteiger partial charge in [-0.15, -0.1) is 0 Å². The van der Waals surface area contributed by atoms with E-state index in [0.29, 0.717) is 12.5 Å². The zero-order chi connectivity index (χ0) is 21.0. The maximum absolute atomic E-state index is 6.09. The molecule has 2 aromatic heterocycles. The van der Waals surface area contributed by atoms with Crippen LogP contribution >= 0.6 is 0 Å². The molecule has 0 aliphatic carbocycles. The molecule has 0 aliphatic rings. The summed E-state index contributed by atoms with van der Waals surface area (Å²) >= 11 is -2.51. The topological polar surface area (TPSA) is 44.2 Å². The molecule has 0 amide bonds. The minimum absolute atomic E-state index is 0.561. The molecule has 4 nitrogen and oxygen atoms in total. The third-order valence-corrected chi connectivity index (χ3v) is 21.1. The van der Waals surface area contributed by atoms with E-state index < -0.39 is 18.4 Å². The van der Waals surface area contributed by atoms with E-state index in [1.165, 1.54) is 55.4 Å². The van der Waals surface area contributed by atoms with Gasteiger partial charge in [0.1, 0.15) is 0 Å². The van der Waals surface area contributed by atoms with Crippen LogP contribution in [-0.4, -0.2) is 35.0 Å². The SMILES string of the molecule is CCC[CH2][Sn]([CH2]CCC)([CH2]CCC)[c]1cncc(Oc2cc(OCC)ccn2)c1. The van der Waals surface area contributed by atoms with Crippen molar-refractivity contribution in [2.75, 3.05) is 6.61 Å². The first-order valence-corrected chi connectivity index (χ1v) is 18.9. The number of rotatable bonds is 14. The van der Waals surface area contributed by atoms with Crippen molar-refractivity contribution < 1.29 is 9.47 Å². The molecule has 0 N–H and O–H groups in total. The second kappa shape index (κ2) is 13.1. The molecule has 29 heavy (non-hydrogen) atoms. The molecule has 0 radical (unpaired) electrons. The van der Waals surface area contributed by atoms with Gasteiger partial charge in [0.05, 0.1) is 0 Å². The van der Waals surface area contributed by atoms with E-state index in [1.54, 1.807) is 6.20 Å². The van der Waals surface area contributed by atoms with Crippen LogP contribution < -0.4 is 13.1 Å². The van der Waals surface area contributed by atoms with E-state index in [9.17, 15) is 0 Å². The van der Waals surface area contributed by atoms with Gasteiger partial charge in [-0.1, -0.05) is 0 Å². The summed E-state index contributed by atoms with van der Waals surface area (Å²) in [4.78, 5) is 8.94. The van der Waals surface area contributed by atoms with Gasteiger partial charge in [-0.3, -0.25) is 0 Å². The Morgan fingerprint density at radius 2 is 1.48 bits per heavy atom. The molecule has 0 aromatic carbocycles. The van der Waals surface area contributed by atoms with Gasteiger partial charge in [-0.05, 0) is 0 Å². The summed E-state index contributed by atoms with van der Waals surface area (Å²) in [6.45, 7) is 9.54. The standard InChI is InChI=1S/C12H11N2O2.3C4H9.Sn/c1-2-15-10-5-7-14-12(8-10)16-11-4-3-6-13-9-11;3*1-3-4-2;/h4-9H,2H2,1H3;3*1,3-4H2,2H3;. The summed E-state index contributed by atoms with van der Waals surface area (Å²) in [5.74, 6) is 2.14. The fourth-order valence-electron chi connectivity index (χ4n) is 3.94. The van der Waals surface area contributed by atoms with Crippen LogP contribution in [0.25, 0.3) is 0 Å². The molecule has 0 unspecified atom stereocenters. The van der Waals surface area contributed by atoms with Crippen molar-refractivity contribution in [3.8, 4) is 17.4 Å². The summed E-state index contributed by atoms with van der Waals surface area (Å²) in [5, 5.41) is 0. The zero-order valence-corrected chi connectivity index (χ0v) is 21.6. The van der Waals surface area contributed by atoms with Crippen LogP contribution in [0.1, 0.15) is 66.2 Å². The molecule has 2 heterocycles. The number of ether oxygens (including phenoxy) is 2. The number of hydrogen-bond acceptors (Lipinski definition) is 4. The van der Waals surface area contributed by atoms with Crippen LogP contribution in [0.3, 0.4) is 0 Å². The molecule has 2 aromatic rings. The molecule has 0 bridgehead atoms. The van der Waals surface area contributed by atoms with Crippen molar-refractivity contribution in [2.24, 2.45) is 0 Å². The quantitative estimate of drug-likeness (QED) is 0.268. The zero-order valence-electron chi connectivity index (χ0n) is 18.7. The van der Waals surface area contributed by atoms with Gasteiger partial charge in [0, 0.05) is 0 Å². The average molecular weight is 505 g/mol. The molecule has 0 fully saturated rings. The van der Waals surface area contributed by atoms with E-state index in [4.69, 9.17) is 9.47 Å². The van der Waals surface area contributed by atoms with Crippen molar-refractivity contribution in [3.05, 3.63) is 36.8 Å². The van der Waals surface area contributed by atoms with Crippen molar-refractivity contribution in [3.63, 3.8) is 0 Å². The predicted molar refractivity (Wildman–Crippen MR) is 124 cm³/mol. The Morgan fingerprint density at radius 3 is 2.07 bits per heavy atom. The van der Waals surface area contributed by atoms with E-state index in [1.807, 2.05) is 25.3 Å². The number of pyridine rings is 2. The number of unbranched alkanes of at least 4 members (excludes halogenated alkanes) is 3. The first-order valence-electron chi connectivity index (χ1n) is 11.4. The van der Waals surface area contributed by atoms with Gasteiger partial charge in [0.2, 0.25) is 0 Å². The maximum atomic E-state index is 6.09. The van der Waals surface area contributed by atoms with E-state index in [2.05, 4.69) is 43.0 Å². The second-order valence-corrected chi connectivity index (χ2v) is 21.1. The molecular formula is C24H38N2O2Sn.